The molecule has 3 aliphatic carbocycles. The molecule has 0 fully saturated rings. The topological polar surface area (TPSA) is 23.5 Å². The Labute approximate surface area is 138 Å². The van der Waals surface area contributed by atoms with Crippen LogP contribution in [0.1, 0.15) is 53.4 Å². The zero-order valence-corrected chi connectivity index (χ0v) is 14.0. The molecule has 2 aromatic rings. The monoisotopic (exact) mass is 307 g/mol. The molecular formula is C21H25NO. The summed E-state index contributed by atoms with van der Waals surface area (Å²) in [5.41, 5.74) is 4.93. The standard InChI is InChI=1S/C21H25NO/c1-22(2)13-7-12-21(23)14-19-15-8-3-5-10-17(15)20(21)18-11-6-4-9-16(18)19/h3-6,8-11,19-20,23H,7,12-14H2,1-2H3. The van der Waals surface area contributed by atoms with Crippen molar-refractivity contribution in [1.29, 1.82) is 0 Å². The third-order valence-electron chi connectivity index (χ3n) is 5.67. The predicted octanol–water partition coefficient (Wildman–Crippen LogP) is 3.74. The summed E-state index contributed by atoms with van der Waals surface area (Å²) in [6.45, 7) is 1.03. The lowest BCUT2D eigenvalue weighted by Crippen LogP contribution is -2.47. The van der Waals surface area contributed by atoms with E-state index < -0.39 is 5.60 Å². The molecule has 1 atom stereocenters. The maximum Gasteiger partial charge on any atom is 0.0766 e. The molecule has 0 amide bonds. The average molecular weight is 307 g/mol. The van der Waals surface area contributed by atoms with Crippen molar-refractivity contribution in [2.45, 2.75) is 36.7 Å². The highest BCUT2D eigenvalue weighted by atomic mass is 16.3. The van der Waals surface area contributed by atoms with Crippen LogP contribution in [0.25, 0.3) is 0 Å². The van der Waals surface area contributed by atoms with Crippen molar-refractivity contribution in [1.82, 2.24) is 4.90 Å². The second kappa shape index (κ2) is 5.47. The van der Waals surface area contributed by atoms with Crippen LogP contribution in [0.5, 0.6) is 0 Å². The van der Waals surface area contributed by atoms with Crippen molar-refractivity contribution >= 4 is 0 Å². The molecule has 2 aromatic carbocycles. The molecule has 2 heteroatoms. The lowest BCUT2D eigenvalue weighted by Gasteiger charge is -2.51. The number of hydrogen-bond acceptors (Lipinski definition) is 2. The SMILES string of the molecule is CN(C)CCCC1(O)CC2c3ccccc3C1c1ccccc12. The molecule has 0 heterocycles. The highest BCUT2D eigenvalue weighted by Gasteiger charge is 2.51. The van der Waals surface area contributed by atoms with Gasteiger partial charge in [-0.05, 0) is 62.2 Å². The van der Waals surface area contributed by atoms with Crippen LogP contribution >= 0.6 is 0 Å². The second-order valence-electron chi connectivity index (χ2n) is 7.46. The molecule has 0 saturated carbocycles. The number of hydrogen-bond donors (Lipinski definition) is 1. The molecule has 23 heavy (non-hydrogen) atoms. The summed E-state index contributed by atoms with van der Waals surface area (Å²) in [7, 11) is 4.20. The zero-order chi connectivity index (χ0) is 16.0. The Morgan fingerprint density at radius 1 is 0.957 bits per heavy atom. The van der Waals surface area contributed by atoms with Gasteiger partial charge in [-0.25, -0.2) is 0 Å². The third kappa shape index (κ3) is 2.32. The molecule has 1 N–H and O–H groups in total. The largest absolute Gasteiger partial charge is 0.389 e. The van der Waals surface area contributed by atoms with Crippen molar-refractivity contribution < 1.29 is 5.11 Å². The Hall–Kier alpha value is -1.64. The molecule has 1 unspecified atom stereocenters. The molecule has 5 rings (SSSR count). The summed E-state index contributed by atoms with van der Waals surface area (Å²) in [6.07, 6.45) is 2.77. The summed E-state index contributed by atoms with van der Waals surface area (Å²) in [4.78, 5) is 2.20. The first kappa shape index (κ1) is 14.9. The minimum absolute atomic E-state index is 0.127. The highest BCUT2D eigenvalue weighted by molar-refractivity contribution is 5.57. The Balaban J connectivity index is 1.76. The van der Waals surface area contributed by atoms with Crippen molar-refractivity contribution in [3.05, 3.63) is 70.8 Å². The van der Waals surface area contributed by atoms with Gasteiger partial charge in [-0.15, -0.1) is 0 Å². The maximum atomic E-state index is 11.5. The maximum absolute atomic E-state index is 11.5. The normalized spacial score (nSPS) is 27.8. The second-order valence-corrected chi connectivity index (χ2v) is 7.46. The predicted molar refractivity (Wildman–Crippen MR) is 93.9 cm³/mol. The minimum Gasteiger partial charge on any atom is -0.389 e. The molecule has 0 aliphatic heterocycles. The van der Waals surface area contributed by atoms with Crippen LogP contribution in [-0.4, -0.2) is 36.2 Å². The first-order chi connectivity index (χ1) is 11.1. The summed E-state index contributed by atoms with van der Waals surface area (Å²) in [5, 5.41) is 11.5. The van der Waals surface area contributed by atoms with Crippen molar-refractivity contribution in [2.75, 3.05) is 20.6 Å². The van der Waals surface area contributed by atoms with Crippen molar-refractivity contribution in [3.8, 4) is 0 Å². The van der Waals surface area contributed by atoms with Gasteiger partial charge in [0.2, 0.25) is 0 Å². The molecule has 2 bridgehead atoms. The number of fused-ring (bicyclic) bond motifs is 1. The third-order valence-corrected chi connectivity index (χ3v) is 5.67. The van der Waals surface area contributed by atoms with Gasteiger partial charge in [-0.1, -0.05) is 48.5 Å². The van der Waals surface area contributed by atoms with Gasteiger partial charge in [0.25, 0.3) is 0 Å². The lowest BCUT2D eigenvalue weighted by molar-refractivity contribution is -0.0136. The summed E-state index contributed by atoms with van der Waals surface area (Å²) in [5.74, 6) is 0.471. The fourth-order valence-corrected chi connectivity index (χ4v) is 4.74. The quantitative estimate of drug-likeness (QED) is 0.930. The Morgan fingerprint density at radius 3 is 2.00 bits per heavy atom. The number of benzene rings is 2. The van der Waals surface area contributed by atoms with E-state index >= 15 is 0 Å². The van der Waals surface area contributed by atoms with Crippen molar-refractivity contribution in [3.63, 3.8) is 0 Å². The van der Waals surface area contributed by atoms with Crippen LogP contribution in [0.15, 0.2) is 48.5 Å². The molecule has 120 valence electrons. The van der Waals surface area contributed by atoms with Crippen LogP contribution in [0.4, 0.5) is 0 Å². The molecule has 3 aliphatic rings. The van der Waals surface area contributed by atoms with Gasteiger partial charge < -0.3 is 10.0 Å². The van der Waals surface area contributed by atoms with E-state index in [0.717, 1.165) is 25.8 Å². The number of aliphatic hydroxyl groups is 1. The molecule has 0 spiro atoms. The van der Waals surface area contributed by atoms with Gasteiger partial charge in [-0.3, -0.25) is 0 Å². The lowest BCUT2D eigenvalue weighted by atomic mass is 9.56. The minimum atomic E-state index is -0.608. The van der Waals surface area contributed by atoms with E-state index in [4.69, 9.17) is 0 Å². The Morgan fingerprint density at radius 2 is 1.48 bits per heavy atom. The van der Waals surface area contributed by atoms with Gasteiger partial charge in [0.1, 0.15) is 0 Å². The molecule has 2 nitrogen and oxygen atoms in total. The number of nitrogens with zero attached hydrogens (tertiary/aromatic N) is 1. The highest BCUT2D eigenvalue weighted by Crippen LogP contribution is 2.58. The summed E-state index contributed by atoms with van der Waals surface area (Å²) < 4.78 is 0. The van der Waals surface area contributed by atoms with Gasteiger partial charge in [0.15, 0.2) is 0 Å². The zero-order valence-electron chi connectivity index (χ0n) is 14.0. The average Bonchev–Trinajstić information content (AvgIpc) is 2.54. The first-order valence-electron chi connectivity index (χ1n) is 8.65. The van der Waals surface area contributed by atoms with E-state index in [9.17, 15) is 5.11 Å². The van der Waals surface area contributed by atoms with Gasteiger partial charge in [0.05, 0.1) is 5.60 Å². The summed E-state index contributed by atoms with van der Waals surface area (Å²) >= 11 is 0. The van der Waals surface area contributed by atoms with E-state index in [1.54, 1.807) is 0 Å². The van der Waals surface area contributed by atoms with Gasteiger partial charge in [0, 0.05) is 11.8 Å². The fourth-order valence-electron chi connectivity index (χ4n) is 4.74. The molecular weight excluding hydrogens is 282 g/mol. The smallest absolute Gasteiger partial charge is 0.0766 e. The van der Waals surface area contributed by atoms with E-state index in [1.165, 1.54) is 22.3 Å². The van der Waals surface area contributed by atoms with Crippen LogP contribution < -0.4 is 0 Å². The Kier molecular flexibility index (Phi) is 3.55. The molecule has 0 aromatic heterocycles. The first-order valence-corrected chi connectivity index (χ1v) is 8.65. The van der Waals surface area contributed by atoms with E-state index in [1.807, 2.05) is 0 Å². The van der Waals surface area contributed by atoms with Gasteiger partial charge in [-0.2, -0.15) is 0 Å². The number of rotatable bonds is 4. The summed E-state index contributed by atoms with van der Waals surface area (Å²) in [6, 6.07) is 17.4. The molecule has 0 radical (unpaired) electrons. The Bertz CT molecular complexity index is 676. The van der Waals surface area contributed by atoms with E-state index in [0.29, 0.717) is 5.92 Å². The molecule has 0 saturated heterocycles. The van der Waals surface area contributed by atoms with Gasteiger partial charge >= 0.3 is 0 Å². The fraction of sp³-hybridized carbons (Fsp3) is 0.429. The van der Waals surface area contributed by atoms with E-state index in [2.05, 4.69) is 67.5 Å². The van der Waals surface area contributed by atoms with Crippen LogP contribution in [0.3, 0.4) is 0 Å². The van der Waals surface area contributed by atoms with Crippen molar-refractivity contribution in [2.24, 2.45) is 0 Å². The van der Waals surface area contributed by atoms with Crippen LogP contribution in [0.2, 0.25) is 0 Å². The van der Waals surface area contributed by atoms with Crippen LogP contribution in [0, 0.1) is 0 Å². The van der Waals surface area contributed by atoms with Crippen LogP contribution in [-0.2, 0) is 0 Å². The van der Waals surface area contributed by atoms with E-state index in [-0.39, 0.29) is 5.92 Å².